The van der Waals surface area contributed by atoms with E-state index in [0.29, 0.717) is 11.5 Å². The summed E-state index contributed by atoms with van der Waals surface area (Å²) in [5.74, 6) is 6.65. The number of nitrogens with one attached hydrogen (secondary N) is 1. The molecule has 0 spiro atoms. The van der Waals surface area contributed by atoms with Gasteiger partial charge in [0.1, 0.15) is 0 Å². The van der Waals surface area contributed by atoms with Crippen LogP contribution < -0.4 is 11.3 Å². The molecule has 2 fully saturated rings. The topological polar surface area (TPSA) is 38.0 Å². The van der Waals surface area contributed by atoms with Crippen LogP contribution in [0.1, 0.15) is 58.3 Å². The van der Waals surface area contributed by atoms with Crippen LogP contribution in [0, 0.1) is 11.3 Å². The molecule has 0 amide bonds. The van der Waals surface area contributed by atoms with E-state index < -0.39 is 0 Å². The largest absolute Gasteiger partial charge is 0.271 e. The highest BCUT2D eigenvalue weighted by molar-refractivity contribution is 4.98. The zero-order chi connectivity index (χ0) is 10.0. The third-order valence-corrected chi connectivity index (χ3v) is 4.76. The Hall–Kier alpha value is -0.0800. The Morgan fingerprint density at radius 2 is 1.93 bits per heavy atom. The van der Waals surface area contributed by atoms with Gasteiger partial charge in [-0.2, -0.15) is 0 Å². The molecule has 0 radical (unpaired) electrons. The molecule has 2 heteroatoms. The minimum absolute atomic E-state index is 0.542. The first-order valence-corrected chi connectivity index (χ1v) is 6.28. The van der Waals surface area contributed by atoms with Gasteiger partial charge >= 0.3 is 0 Å². The van der Waals surface area contributed by atoms with Crippen molar-refractivity contribution >= 4 is 0 Å². The van der Waals surface area contributed by atoms with Crippen LogP contribution >= 0.6 is 0 Å². The Balaban J connectivity index is 2.06. The fraction of sp³-hybridized carbons (Fsp3) is 1.00. The van der Waals surface area contributed by atoms with Crippen molar-refractivity contribution in [3.05, 3.63) is 0 Å². The first kappa shape index (κ1) is 10.4. The number of nitrogens with two attached hydrogens (primary N) is 1. The minimum atomic E-state index is 0.542. The number of hydrogen-bond donors (Lipinski definition) is 2. The Labute approximate surface area is 87.6 Å². The lowest BCUT2D eigenvalue weighted by Gasteiger charge is -2.45. The number of hydrazine groups is 1. The first-order valence-electron chi connectivity index (χ1n) is 6.28. The maximum absolute atomic E-state index is 5.77. The molecule has 2 aliphatic carbocycles. The zero-order valence-electron chi connectivity index (χ0n) is 9.39. The normalized spacial score (nSPS) is 28.7. The highest BCUT2D eigenvalue weighted by Gasteiger charge is 2.44. The van der Waals surface area contributed by atoms with E-state index >= 15 is 0 Å². The van der Waals surface area contributed by atoms with Crippen LogP contribution in [0.15, 0.2) is 0 Å². The molecule has 0 aromatic carbocycles. The van der Waals surface area contributed by atoms with Gasteiger partial charge in [-0.05, 0) is 43.4 Å². The van der Waals surface area contributed by atoms with Crippen LogP contribution in [0.25, 0.3) is 0 Å². The first-order chi connectivity index (χ1) is 6.82. The maximum atomic E-state index is 5.77. The molecule has 0 aliphatic heterocycles. The summed E-state index contributed by atoms with van der Waals surface area (Å²) in [5.41, 5.74) is 3.68. The molecule has 2 saturated carbocycles. The van der Waals surface area contributed by atoms with Crippen LogP contribution in [-0.2, 0) is 0 Å². The molecule has 0 bridgehead atoms. The summed E-state index contributed by atoms with van der Waals surface area (Å²) in [6.45, 7) is 2.34. The molecule has 0 aromatic rings. The lowest BCUT2D eigenvalue weighted by molar-refractivity contribution is 0.0891. The van der Waals surface area contributed by atoms with Crippen LogP contribution in [0.3, 0.4) is 0 Å². The monoisotopic (exact) mass is 196 g/mol. The van der Waals surface area contributed by atoms with Gasteiger partial charge in [0.25, 0.3) is 0 Å². The van der Waals surface area contributed by atoms with Crippen molar-refractivity contribution in [2.75, 3.05) is 0 Å². The quantitative estimate of drug-likeness (QED) is 0.536. The predicted octanol–water partition coefficient (Wildman–Crippen LogP) is 2.59. The smallest absolute Gasteiger partial charge is 0.0295 e. The lowest BCUT2D eigenvalue weighted by Crippen LogP contribution is -2.53. The van der Waals surface area contributed by atoms with Crippen molar-refractivity contribution in [3.63, 3.8) is 0 Å². The summed E-state index contributed by atoms with van der Waals surface area (Å²) in [4.78, 5) is 0. The number of rotatable bonds is 4. The Morgan fingerprint density at radius 1 is 1.29 bits per heavy atom. The highest BCUT2D eigenvalue weighted by atomic mass is 15.2. The Morgan fingerprint density at radius 3 is 2.29 bits per heavy atom. The van der Waals surface area contributed by atoms with Crippen LogP contribution in [-0.4, -0.2) is 6.04 Å². The van der Waals surface area contributed by atoms with Crippen molar-refractivity contribution in [2.24, 2.45) is 17.2 Å². The van der Waals surface area contributed by atoms with Gasteiger partial charge in [0.15, 0.2) is 0 Å². The molecular formula is C12H24N2. The van der Waals surface area contributed by atoms with Gasteiger partial charge in [0.05, 0.1) is 0 Å². The second kappa shape index (κ2) is 4.19. The average Bonchev–Trinajstić information content (AvgIpc) is 2.60. The van der Waals surface area contributed by atoms with E-state index in [1.165, 1.54) is 51.4 Å². The molecule has 0 saturated heterocycles. The molecule has 2 rings (SSSR count). The molecule has 1 unspecified atom stereocenters. The molecule has 1 atom stereocenters. The van der Waals surface area contributed by atoms with Gasteiger partial charge < -0.3 is 0 Å². The maximum Gasteiger partial charge on any atom is 0.0295 e. The lowest BCUT2D eigenvalue weighted by atomic mass is 9.65. The predicted molar refractivity (Wildman–Crippen MR) is 59.6 cm³/mol. The third kappa shape index (κ3) is 1.59. The van der Waals surface area contributed by atoms with Gasteiger partial charge in [-0.25, -0.2) is 0 Å². The molecule has 3 N–H and O–H groups in total. The van der Waals surface area contributed by atoms with E-state index in [9.17, 15) is 0 Å². The summed E-state index contributed by atoms with van der Waals surface area (Å²) in [7, 11) is 0. The fourth-order valence-corrected chi connectivity index (χ4v) is 3.55. The third-order valence-electron chi connectivity index (χ3n) is 4.76. The molecule has 0 heterocycles. The molecule has 82 valence electrons. The second-order valence-corrected chi connectivity index (χ2v) is 5.26. The van der Waals surface area contributed by atoms with E-state index in [1.807, 2.05) is 0 Å². The fourth-order valence-electron chi connectivity index (χ4n) is 3.55. The van der Waals surface area contributed by atoms with Crippen molar-refractivity contribution < 1.29 is 0 Å². The van der Waals surface area contributed by atoms with Crippen molar-refractivity contribution in [2.45, 2.75) is 64.3 Å². The molecular weight excluding hydrogens is 172 g/mol. The van der Waals surface area contributed by atoms with E-state index in [-0.39, 0.29) is 0 Å². The Bertz CT molecular complexity index is 181. The summed E-state index contributed by atoms with van der Waals surface area (Å²) in [6.07, 6.45) is 11.1. The second-order valence-electron chi connectivity index (χ2n) is 5.26. The SMILES string of the molecule is CCC1(C(NN)C2CCC2)CCCC1. The Kier molecular flexibility index (Phi) is 3.13. The van der Waals surface area contributed by atoms with Gasteiger partial charge in [-0.3, -0.25) is 11.3 Å². The molecule has 2 aliphatic rings. The molecule has 2 nitrogen and oxygen atoms in total. The van der Waals surface area contributed by atoms with Crippen molar-refractivity contribution in [3.8, 4) is 0 Å². The van der Waals surface area contributed by atoms with Crippen LogP contribution in [0.4, 0.5) is 0 Å². The van der Waals surface area contributed by atoms with Gasteiger partial charge in [0, 0.05) is 6.04 Å². The zero-order valence-corrected chi connectivity index (χ0v) is 9.39. The highest BCUT2D eigenvalue weighted by Crippen LogP contribution is 2.49. The van der Waals surface area contributed by atoms with Gasteiger partial charge in [-0.1, -0.05) is 26.2 Å². The van der Waals surface area contributed by atoms with Gasteiger partial charge in [-0.15, -0.1) is 0 Å². The number of hydrogen-bond acceptors (Lipinski definition) is 2. The van der Waals surface area contributed by atoms with Gasteiger partial charge in [0.2, 0.25) is 0 Å². The molecule has 14 heavy (non-hydrogen) atoms. The minimum Gasteiger partial charge on any atom is -0.271 e. The average molecular weight is 196 g/mol. The summed E-state index contributed by atoms with van der Waals surface area (Å²) >= 11 is 0. The standard InChI is InChI=1S/C12H24N2/c1-2-12(8-3-4-9-12)11(14-13)10-6-5-7-10/h10-11,14H,2-9,13H2,1H3. The molecule has 0 aromatic heterocycles. The van der Waals surface area contributed by atoms with E-state index in [2.05, 4.69) is 12.3 Å². The van der Waals surface area contributed by atoms with Crippen LogP contribution in [0.2, 0.25) is 0 Å². The van der Waals surface area contributed by atoms with E-state index in [0.717, 1.165) is 5.92 Å². The van der Waals surface area contributed by atoms with Crippen molar-refractivity contribution in [1.29, 1.82) is 0 Å². The summed E-state index contributed by atoms with van der Waals surface area (Å²) in [5, 5.41) is 0. The van der Waals surface area contributed by atoms with Crippen molar-refractivity contribution in [1.82, 2.24) is 5.43 Å². The summed E-state index contributed by atoms with van der Waals surface area (Å²) < 4.78 is 0. The van der Waals surface area contributed by atoms with E-state index in [1.54, 1.807) is 0 Å². The van der Waals surface area contributed by atoms with E-state index in [4.69, 9.17) is 5.84 Å². The van der Waals surface area contributed by atoms with Crippen LogP contribution in [0.5, 0.6) is 0 Å². The summed E-state index contributed by atoms with van der Waals surface area (Å²) in [6, 6.07) is 0.601.